The first-order valence-corrected chi connectivity index (χ1v) is 26.1. The Morgan fingerprint density at radius 1 is 0.919 bits per heavy atom. The maximum absolute atomic E-state index is 13.9. The summed E-state index contributed by atoms with van der Waals surface area (Å²) < 4.78 is 60.0. The Labute approximate surface area is 438 Å². The number of nitrogens with zero attached hydrogens (tertiary/aromatic N) is 1. The van der Waals surface area contributed by atoms with Gasteiger partial charge in [-0.05, 0) is 60.0 Å². The van der Waals surface area contributed by atoms with Gasteiger partial charge >= 0.3 is 17.9 Å². The quantitative estimate of drug-likeness (QED) is 0.0299. The van der Waals surface area contributed by atoms with Crippen LogP contribution in [-0.2, 0) is 66.5 Å². The third-order valence-corrected chi connectivity index (χ3v) is 14.4. The smallest absolute Gasteiger partial charge is 0.307 e. The molecule has 3 aliphatic heterocycles. The number of esters is 2. The predicted octanol–water partition coefficient (Wildman–Crippen LogP) is 2.74. The number of hydrogen-bond acceptors (Lipinski definition) is 20. The molecule has 430 valence electrons. The number of carboxylic acid groups (broad SMARTS) is 1. The summed E-state index contributed by atoms with van der Waals surface area (Å²) in [5.41, 5.74) is -1.54. The summed E-state index contributed by atoms with van der Waals surface area (Å²) in [6.45, 7) is 18.5. The number of allylic oxidation sites excluding steroid dienone is 2. The molecule has 0 aromatic rings. The lowest BCUT2D eigenvalue weighted by atomic mass is 9.80. The van der Waals surface area contributed by atoms with E-state index in [0.717, 1.165) is 6.92 Å². The molecule has 3 aliphatic rings. The number of likely N-dealkylation sites (N-methyl/N-ethyl adjacent to an activating group) is 1. The summed E-state index contributed by atoms with van der Waals surface area (Å²) >= 11 is 0. The molecule has 5 N–H and O–H groups in total. The van der Waals surface area contributed by atoms with Crippen LogP contribution in [0.4, 0.5) is 0 Å². The molecule has 21 nitrogen and oxygen atoms in total. The number of carboxylic acids is 1. The summed E-state index contributed by atoms with van der Waals surface area (Å²) in [6.07, 6.45) is -9.06. The van der Waals surface area contributed by atoms with Crippen LogP contribution in [0.3, 0.4) is 0 Å². The van der Waals surface area contributed by atoms with Gasteiger partial charge in [0.1, 0.15) is 48.5 Å². The molecule has 3 fully saturated rings. The van der Waals surface area contributed by atoms with E-state index in [-0.39, 0.29) is 49.9 Å². The molecule has 0 amide bonds. The average molecular weight is 1060 g/mol. The van der Waals surface area contributed by atoms with Gasteiger partial charge in [-0.3, -0.25) is 20.8 Å². The van der Waals surface area contributed by atoms with E-state index in [2.05, 4.69) is 0 Å². The van der Waals surface area contributed by atoms with Crippen LogP contribution in [0.2, 0.25) is 0 Å². The monoisotopic (exact) mass is 1060 g/mol. The minimum Gasteiger partial charge on any atom is -0.956 e. The second-order valence-electron chi connectivity index (χ2n) is 21.5. The predicted molar refractivity (Wildman–Crippen MR) is 265 cm³/mol. The van der Waals surface area contributed by atoms with Crippen molar-refractivity contribution >= 4 is 24.2 Å². The van der Waals surface area contributed by atoms with Crippen LogP contribution in [0, 0.1) is 48.3 Å². The Kier molecular flexibility index (Phi) is 26.6. The van der Waals surface area contributed by atoms with Crippen LogP contribution < -0.4 is 5.11 Å². The number of methoxy groups -OCH3 is 2. The standard InChI is InChI=1S/C53H91NO20/c1-16-37(57)36(26-67-52-49(66-15)48(65-14)44(62)31(7)69-52)22-28(4)17-18-38(58)29(5)23-35(19-20-55)46(30(6)39(24-40(59)60)71-34(10)56)74-51-45(63)43(54(12)13)47(32(8)70-51)73-42-25-53(11,64)50(33(9)68-42)72-41(61)21-27(2)3/h17-18,20,22,27-33,35-37,39,42-52,57-58,62-64H,16,19,21,23-26H2,1-15H3,(H,59,60)/q-2/p-1/b38-18+/t28-,29-,30+,31-,32-,33+,35+,36-,37-,39-,42+,43-,44-,45-,46-,47-,48-,49-,50+,51+,52-,53-/m1/s1. The largest absolute Gasteiger partial charge is 0.956 e. The van der Waals surface area contributed by atoms with Crippen LogP contribution in [0.15, 0.2) is 11.8 Å². The molecule has 21 heteroatoms. The van der Waals surface area contributed by atoms with Gasteiger partial charge in [0.25, 0.3) is 0 Å². The van der Waals surface area contributed by atoms with Gasteiger partial charge in [0.15, 0.2) is 25.0 Å². The minimum absolute atomic E-state index is 0.0299. The van der Waals surface area contributed by atoms with Crippen molar-refractivity contribution in [2.24, 2.45) is 35.5 Å². The van der Waals surface area contributed by atoms with Crippen molar-refractivity contribution in [1.82, 2.24) is 4.90 Å². The molecule has 3 heterocycles. The molecule has 0 aromatic heterocycles. The lowest BCUT2D eigenvalue weighted by Crippen LogP contribution is -2.65. The van der Waals surface area contributed by atoms with Crippen molar-refractivity contribution in [1.29, 1.82) is 0 Å². The molecule has 0 aliphatic carbocycles. The zero-order valence-electron chi connectivity index (χ0n) is 46.3. The van der Waals surface area contributed by atoms with E-state index in [0.29, 0.717) is 12.7 Å². The van der Waals surface area contributed by atoms with Crippen molar-refractivity contribution in [3.8, 4) is 0 Å². The van der Waals surface area contributed by atoms with Gasteiger partial charge in [-0.2, -0.15) is 0 Å². The third-order valence-electron chi connectivity index (χ3n) is 14.4. The lowest BCUT2D eigenvalue weighted by molar-refractivity contribution is -0.342. The number of ether oxygens (including phenoxy) is 10. The summed E-state index contributed by atoms with van der Waals surface area (Å²) in [7, 11) is 6.36. The molecule has 0 aromatic carbocycles. The number of aliphatic hydroxyl groups excluding tert-OH is 3. The Morgan fingerprint density at radius 2 is 1.55 bits per heavy atom. The second-order valence-corrected chi connectivity index (χ2v) is 21.5. The number of aldehydes is 1. The summed E-state index contributed by atoms with van der Waals surface area (Å²) in [6, 6.07) is -0.837. The first-order valence-electron chi connectivity index (χ1n) is 26.1. The number of rotatable bonds is 30. The number of carbonyl (C=O) groups is 4. The van der Waals surface area contributed by atoms with Crippen molar-refractivity contribution in [3.05, 3.63) is 24.7 Å². The Bertz CT molecular complexity index is 1730. The minimum atomic E-state index is -1.54. The van der Waals surface area contributed by atoms with Gasteiger partial charge in [0.2, 0.25) is 0 Å². The highest BCUT2D eigenvalue weighted by atomic mass is 16.7. The Morgan fingerprint density at radius 3 is 2.09 bits per heavy atom. The normalized spacial score (nSPS) is 34.2. The van der Waals surface area contributed by atoms with E-state index >= 15 is 0 Å². The van der Waals surface area contributed by atoms with Crippen LogP contribution >= 0.6 is 0 Å². The molecule has 22 atom stereocenters. The Balaban J connectivity index is 1.86. The summed E-state index contributed by atoms with van der Waals surface area (Å²) in [4.78, 5) is 51.3. The van der Waals surface area contributed by atoms with Gasteiger partial charge in [-0.25, -0.2) is 12.0 Å². The zero-order chi connectivity index (χ0) is 55.9. The number of aliphatic carboxylic acids is 1. The van der Waals surface area contributed by atoms with Crippen LogP contribution in [-0.4, -0.2) is 193 Å². The highest BCUT2D eigenvalue weighted by molar-refractivity contribution is 5.70. The lowest BCUT2D eigenvalue weighted by Gasteiger charge is -2.50. The van der Waals surface area contributed by atoms with Gasteiger partial charge < -0.3 is 99.9 Å². The fourth-order valence-electron chi connectivity index (χ4n) is 10.3. The van der Waals surface area contributed by atoms with Gasteiger partial charge in [-0.1, -0.05) is 41.0 Å². The van der Waals surface area contributed by atoms with E-state index in [9.17, 15) is 49.8 Å². The molecule has 3 saturated heterocycles. The fraction of sp³-hybridized carbons (Fsp3) is 0.849. The zero-order valence-corrected chi connectivity index (χ0v) is 46.3. The third kappa shape index (κ3) is 18.6. The molecule has 0 unspecified atom stereocenters. The molecule has 0 spiro atoms. The molecule has 0 saturated carbocycles. The van der Waals surface area contributed by atoms with Crippen molar-refractivity contribution < 1.29 is 97.2 Å². The maximum Gasteiger partial charge on any atom is 0.307 e. The summed E-state index contributed by atoms with van der Waals surface area (Å²) in [5, 5.41) is 69.1. The van der Waals surface area contributed by atoms with Gasteiger partial charge in [0, 0.05) is 59.0 Å². The highest BCUT2D eigenvalue weighted by Crippen LogP contribution is 2.39. The average Bonchev–Trinajstić information content (AvgIpc) is 3.30. The van der Waals surface area contributed by atoms with Crippen molar-refractivity contribution in [2.75, 3.05) is 34.9 Å². The summed E-state index contributed by atoms with van der Waals surface area (Å²) in [5.74, 6) is -6.04. The first kappa shape index (κ1) is 65.3. The molecular formula is C53H90NO20-3. The number of carbonyl (C=O) groups excluding carboxylic acids is 3. The second kappa shape index (κ2) is 30.2. The van der Waals surface area contributed by atoms with E-state index < -0.39 is 152 Å². The van der Waals surface area contributed by atoms with Crippen molar-refractivity contribution in [3.63, 3.8) is 0 Å². The topological polar surface area (TPSA) is 288 Å². The van der Waals surface area contributed by atoms with Crippen LogP contribution in [0.5, 0.6) is 0 Å². The Hall–Kier alpha value is -3.03. The maximum atomic E-state index is 13.9. The fourth-order valence-corrected chi connectivity index (χ4v) is 10.3. The number of hydrogen-bond donors (Lipinski definition) is 5. The molecule has 3 rings (SSSR count). The van der Waals surface area contributed by atoms with E-state index in [1.165, 1.54) is 20.3 Å². The van der Waals surface area contributed by atoms with Gasteiger partial charge in [-0.15, -0.1) is 18.8 Å². The van der Waals surface area contributed by atoms with Gasteiger partial charge in [0.05, 0.1) is 36.9 Å². The van der Waals surface area contributed by atoms with Crippen LogP contribution in [0.1, 0.15) is 115 Å². The van der Waals surface area contributed by atoms with Crippen LogP contribution in [0.25, 0.3) is 0 Å². The molecule has 0 bridgehead atoms. The molecule has 0 radical (unpaired) electrons. The highest BCUT2D eigenvalue weighted by Gasteiger charge is 2.53. The first-order chi connectivity index (χ1) is 34.6. The molecular weight excluding hydrogens is 971 g/mol. The SMILES string of the molecule is CC[C@@H](O)[C@H]([CH-][C@H](C)[CH-]/C=C(/[O-])[C@H](C)C[C@H](CC=O)[C@H](O[C@@H]1O[C@H](C)[C@@H](O[C@H]2C[C@@](C)(O)[C@@H](OC(=O)CC(C)C)[C@H](C)O2)[C@H](N(C)C)[C@H]1O)[C@@H](C)[C@@H](CC(=O)O)OC(C)=O)CO[C@@H]1O[C@H](C)[C@@H](O)[C@@H](OC)[C@H]1OC. The van der Waals surface area contributed by atoms with E-state index in [4.69, 9.17) is 47.4 Å². The van der Waals surface area contributed by atoms with E-state index in [1.54, 1.807) is 67.0 Å². The van der Waals surface area contributed by atoms with E-state index in [1.807, 2.05) is 34.1 Å². The number of aliphatic hydroxyl groups is 4. The molecule has 74 heavy (non-hydrogen) atoms. The van der Waals surface area contributed by atoms with Crippen molar-refractivity contribution in [2.45, 2.75) is 218 Å².